The van der Waals surface area contributed by atoms with Gasteiger partial charge in [-0.05, 0) is 24.5 Å². The zero-order valence-corrected chi connectivity index (χ0v) is 6.97. The summed E-state index contributed by atoms with van der Waals surface area (Å²) >= 11 is 0. The average molecular weight is 171 g/mol. The van der Waals surface area contributed by atoms with E-state index in [-0.39, 0.29) is 18.4 Å². The molecule has 1 aromatic rings. The fourth-order valence-electron chi connectivity index (χ4n) is 1.44. The van der Waals surface area contributed by atoms with Crippen LogP contribution in [0.5, 0.6) is 0 Å². The molecule has 3 heteroatoms. The van der Waals surface area contributed by atoms with Crippen molar-refractivity contribution in [2.45, 2.75) is 18.9 Å². The Labute approximate surface area is 72.2 Å². The molecule has 1 atom stereocenters. The van der Waals surface area contributed by atoms with Gasteiger partial charge < -0.3 is 5.73 Å². The second-order valence-electron chi connectivity index (χ2n) is 2.69. The minimum atomic E-state index is 0. The fraction of sp³-hybridized carbons (Fsp3) is 0.375. The molecule has 0 saturated carbocycles. The lowest BCUT2D eigenvalue weighted by Gasteiger charge is -2.00. The summed E-state index contributed by atoms with van der Waals surface area (Å²) in [4.78, 5) is 4.22. The van der Waals surface area contributed by atoms with Crippen molar-refractivity contribution in [1.29, 1.82) is 0 Å². The largest absolute Gasteiger partial charge is 0.323 e. The molecule has 0 aromatic carbocycles. The molecule has 0 unspecified atom stereocenters. The van der Waals surface area contributed by atoms with E-state index in [1.807, 2.05) is 12.3 Å². The molecule has 60 valence electrons. The van der Waals surface area contributed by atoms with Crippen LogP contribution in [0.2, 0.25) is 0 Å². The van der Waals surface area contributed by atoms with E-state index in [4.69, 9.17) is 5.73 Å². The van der Waals surface area contributed by atoms with Gasteiger partial charge in [-0.1, -0.05) is 6.07 Å². The summed E-state index contributed by atoms with van der Waals surface area (Å²) < 4.78 is 0. The van der Waals surface area contributed by atoms with Crippen molar-refractivity contribution in [3.05, 3.63) is 29.6 Å². The van der Waals surface area contributed by atoms with Crippen LogP contribution < -0.4 is 5.73 Å². The number of aromatic nitrogens is 1. The highest BCUT2D eigenvalue weighted by Gasteiger charge is 2.18. The van der Waals surface area contributed by atoms with Crippen molar-refractivity contribution < 1.29 is 0 Å². The molecule has 11 heavy (non-hydrogen) atoms. The lowest BCUT2D eigenvalue weighted by atomic mass is 10.2. The maximum absolute atomic E-state index is 5.78. The molecule has 2 nitrogen and oxygen atoms in total. The summed E-state index contributed by atoms with van der Waals surface area (Å²) in [5.41, 5.74) is 8.21. The smallest absolute Gasteiger partial charge is 0.0602 e. The summed E-state index contributed by atoms with van der Waals surface area (Å²) in [5.74, 6) is 0. The van der Waals surface area contributed by atoms with E-state index in [1.165, 1.54) is 5.56 Å². The van der Waals surface area contributed by atoms with Crippen LogP contribution in [0.25, 0.3) is 0 Å². The quantitative estimate of drug-likeness (QED) is 0.640. The van der Waals surface area contributed by atoms with Gasteiger partial charge in [0.15, 0.2) is 0 Å². The first-order chi connectivity index (χ1) is 4.88. The number of halogens is 1. The summed E-state index contributed by atoms with van der Waals surface area (Å²) in [7, 11) is 0. The van der Waals surface area contributed by atoms with Gasteiger partial charge in [0.25, 0.3) is 0 Å². The second-order valence-corrected chi connectivity index (χ2v) is 2.69. The van der Waals surface area contributed by atoms with E-state index < -0.39 is 0 Å². The van der Waals surface area contributed by atoms with Crippen molar-refractivity contribution >= 4 is 12.4 Å². The molecule has 1 aliphatic carbocycles. The average Bonchev–Trinajstić information content (AvgIpc) is 2.34. The Morgan fingerprint density at radius 3 is 3.09 bits per heavy atom. The number of rotatable bonds is 0. The van der Waals surface area contributed by atoms with E-state index >= 15 is 0 Å². The third kappa shape index (κ3) is 1.37. The van der Waals surface area contributed by atoms with Crippen LogP contribution in [-0.4, -0.2) is 4.98 Å². The minimum Gasteiger partial charge on any atom is -0.323 e. The summed E-state index contributed by atoms with van der Waals surface area (Å²) in [5, 5.41) is 0. The van der Waals surface area contributed by atoms with E-state index in [9.17, 15) is 0 Å². The summed E-state index contributed by atoms with van der Waals surface area (Å²) in [6.45, 7) is 0. The lowest BCUT2D eigenvalue weighted by Crippen LogP contribution is -2.06. The lowest BCUT2D eigenvalue weighted by molar-refractivity contribution is 0.698. The van der Waals surface area contributed by atoms with Crippen molar-refractivity contribution in [1.82, 2.24) is 4.98 Å². The molecule has 0 saturated heterocycles. The van der Waals surface area contributed by atoms with Crippen molar-refractivity contribution in [3.8, 4) is 0 Å². The molecule has 0 aliphatic heterocycles. The standard InChI is InChI=1S/C8H10N2.ClH/c9-7-4-3-6-2-1-5-10-8(6)7;/h1-2,5,7H,3-4,9H2;1H/t7-;/m0./s1. The van der Waals surface area contributed by atoms with E-state index in [2.05, 4.69) is 11.1 Å². The number of fused-ring (bicyclic) bond motifs is 1. The van der Waals surface area contributed by atoms with Gasteiger partial charge in [0.1, 0.15) is 0 Å². The third-order valence-corrected chi connectivity index (χ3v) is 2.00. The Hall–Kier alpha value is -0.600. The number of aryl methyl sites for hydroxylation is 1. The fourth-order valence-corrected chi connectivity index (χ4v) is 1.44. The van der Waals surface area contributed by atoms with E-state index in [1.54, 1.807) is 0 Å². The first-order valence-corrected chi connectivity index (χ1v) is 3.57. The van der Waals surface area contributed by atoms with Crippen LogP contribution in [0.15, 0.2) is 18.3 Å². The van der Waals surface area contributed by atoms with Gasteiger partial charge in [-0.2, -0.15) is 0 Å². The molecular weight excluding hydrogens is 160 g/mol. The Morgan fingerprint density at radius 2 is 2.36 bits per heavy atom. The summed E-state index contributed by atoms with van der Waals surface area (Å²) in [6.07, 6.45) is 3.97. The molecule has 0 spiro atoms. The number of nitrogens with two attached hydrogens (primary N) is 1. The Kier molecular flexibility index (Phi) is 2.47. The maximum Gasteiger partial charge on any atom is 0.0602 e. The minimum absolute atomic E-state index is 0. The van der Waals surface area contributed by atoms with E-state index in [0.717, 1.165) is 18.5 Å². The van der Waals surface area contributed by atoms with E-state index in [0.29, 0.717) is 0 Å². The van der Waals surface area contributed by atoms with Crippen LogP contribution in [0, 0.1) is 0 Å². The number of hydrogen-bond donors (Lipinski definition) is 1. The van der Waals surface area contributed by atoms with Gasteiger partial charge in [-0.3, -0.25) is 4.98 Å². The SMILES string of the molecule is Cl.N[C@H]1CCc2cccnc21. The predicted octanol–water partition coefficient (Wildman–Crippen LogP) is 1.45. The molecule has 1 aliphatic rings. The van der Waals surface area contributed by atoms with Crippen LogP contribution in [-0.2, 0) is 6.42 Å². The molecule has 1 aromatic heterocycles. The van der Waals surface area contributed by atoms with Crippen molar-refractivity contribution in [3.63, 3.8) is 0 Å². The monoisotopic (exact) mass is 170 g/mol. The van der Waals surface area contributed by atoms with Crippen LogP contribution in [0.4, 0.5) is 0 Å². The molecule has 1 heterocycles. The van der Waals surface area contributed by atoms with Crippen LogP contribution in [0.1, 0.15) is 23.7 Å². The zero-order valence-electron chi connectivity index (χ0n) is 6.16. The van der Waals surface area contributed by atoms with Gasteiger partial charge in [0.2, 0.25) is 0 Å². The number of hydrogen-bond acceptors (Lipinski definition) is 2. The number of pyridine rings is 1. The maximum atomic E-state index is 5.78. The Morgan fingerprint density at radius 1 is 1.55 bits per heavy atom. The topological polar surface area (TPSA) is 38.9 Å². The molecule has 0 fully saturated rings. The highest BCUT2D eigenvalue weighted by Crippen LogP contribution is 2.25. The second kappa shape index (κ2) is 3.20. The van der Waals surface area contributed by atoms with Crippen molar-refractivity contribution in [2.75, 3.05) is 0 Å². The van der Waals surface area contributed by atoms with Gasteiger partial charge in [0, 0.05) is 12.2 Å². The molecule has 2 N–H and O–H groups in total. The van der Waals surface area contributed by atoms with Crippen LogP contribution >= 0.6 is 12.4 Å². The summed E-state index contributed by atoms with van der Waals surface area (Å²) in [6, 6.07) is 4.27. The highest BCUT2D eigenvalue weighted by molar-refractivity contribution is 5.85. The molecular formula is C8H11ClN2. The zero-order chi connectivity index (χ0) is 6.97. The van der Waals surface area contributed by atoms with Crippen molar-refractivity contribution in [2.24, 2.45) is 5.73 Å². The molecule has 2 rings (SSSR count). The first-order valence-electron chi connectivity index (χ1n) is 3.57. The van der Waals surface area contributed by atoms with Gasteiger partial charge in [-0.15, -0.1) is 12.4 Å². The van der Waals surface area contributed by atoms with Gasteiger partial charge in [0.05, 0.1) is 5.69 Å². The first kappa shape index (κ1) is 8.50. The Balaban J connectivity index is 0.000000605. The third-order valence-electron chi connectivity index (χ3n) is 2.00. The normalized spacial score (nSPS) is 20.6. The Bertz CT molecular complexity index is 250. The molecule has 0 amide bonds. The van der Waals surface area contributed by atoms with Crippen LogP contribution in [0.3, 0.4) is 0 Å². The van der Waals surface area contributed by atoms with Gasteiger partial charge in [-0.25, -0.2) is 0 Å². The highest BCUT2D eigenvalue weighted by atomic mass is 35.5. The number of nitrogens with zero attached hydrogens (tertiary/aromatic N) is 1. The molecule has 0 bridgehead atoms. The molecule has 0 radical (unpaired) electrons. The van der Waals surface area contributed by atoms with Gasteiger partial charge >= 0.3 is 0 Å². The predicted molar refractivity (Wildman–Crippen MR) is 46.7 cm³/mol.